The zero-order valence-electron chi connectivity index (χ0n) is 15.0. The average molecular weight is 380 g/mol. The van der Waals surface area contributed by atoms with Crippen LogP contribution in [-0.4, -0.2) is 17.5 Å². The number of unbranched alkanes of at least 4 members (excludes halogenated alkanes) is 1. The molecule has 2 heterocycles. The molecule has 0 saturated carbocycles. The Kier molecular flexibility index (Phi) is 5.07. The Labute approximate surface area is 162 Å². The molecule has 0 fully saturated rings. The standard InChI is InChI=1S/C21H20N2O3S/c1-2-3-12-25-15-10-8-14(9-11-15)20(24)23-21-22-19-16-6-4-5-7-17(16)26-13-18(19)27-21/h4-11H,2-3,12-13H2,1H3,(H,22,23,24). The van der Waals surface area contributed by atoms with Gasteiger partial charge in [-0.3, -0.25) is 10.1 Å². The summed E-state index contributed by atoms with van der Waals surface area (Å²) in [5.74, 6) is 1.42. The van der Waals surface area contributed by atoms with Gasteiger partial charge in [0.15, 0.2) is 5.13 Å². The fourth-order valence-electron chi connectivity index (χ4n) is 2.85. The average Bonchev–Trinajstić information content (AvgIpc) is 3.11. The first-order valence-corrected chi connectivity index (χ1v) is 9.82. The first-order valence-electron chi connectivity index (χ1n) is 9.00. The van der Waals surface area contributed by atoms with E-state index in [1.165, 1.54) is 11.3 Å². The maximum Gasteiger partial charge on any atom is 0.257 e. The van der Waals surface area contributed by atoms with Gasteiger partial charge in [0.2, 0.25) is 0 Å². The highest BCUT2D eigenvalue weighted by Crippen LogP contribution is 2.40. The number of nitrogens with zero attached hydrogens (tertiary/aromatic N) is 1. The predicted molar refractivity (Wildman–Crippen MR) is 107 cm³/mol. The summed E-state index contributed by atoms with van der Waals surface area (Å²) in [4.78, 5) is 18.2. The summed E-state index contributed by atoms with van der Waals surface area (Å²) in [5.41, 5.74) is 2.42. The molecule has 138 valence electrons. The van der Waals surface area contributed by atoms with Gasteiger partial charge in [-0.25, -0.2) is 4.98 Å². The van der Waals surface area contributed by atoms with E-state index in [2.05, 4.69) is 17.2 Å². The van der Waals surface area contributed by atoms with Gasteiger partial charge in [0.05, 0.1) is 17.2 Å². The van der Waals surface area contributed by atoms with Crippen LogP contribution in [0.1, 0.15) is 35.0 Å². The van der Waals surface area contributed by atoms with Crippen molar-refractivity contribution in [3.8, 4) is 22.8 Å². The molecule has 1 amide bonds. The number of hydrogen-bond donors (Lipinski definition) is 1. The molecular weight excluding hydrogens is 360 g/mol. The number of hydrogen-bond acceptors (Lipinski definition) is 5. The fraction of sp³-hybridized carbons (Fsp3) is 0.238. The Morgan fingerprint density at radius 3 is 2.85 bits per heavy atom. The summed E-state index contributed by atoms with van der Waals surface area (Å²) >= 11 is 1.45. The molecule has 2 aromatic carbocycles. The van der Waals surface area contributed by atoms with Gasteiger partial charge in [-0.2, -0.15) is 0 Å². The number of anilines is 1. The van der Waals surface area contributed by atoms with Crippen molar-refractivity contribution < 1.29 is 14.3 Å². The minimum absolute atomic E-state index is 0.185. The number of ether oxygens (including phenoxy) is 2. The van der Waals surface area contributed by atoms with E-state index >= 15 is 0 Å². The zero-order valence-corrected chi connectivity index (χ0v) is 15.8. The van der Waals surface area contributed by atoms with Crippen LogP contribution in [0.3, 0.4) is 0 Å². The van der Waals surface area contributed by atoms with Crippen molar-refractivity contribution in [1.82, 2.24) is 4.98 Å². The molecule has 1 aromatic heterocycles. The molecule has 6 heteroatoms. The Balaban J connectivity index is 1.46. The maximum atomic E-state index is 12.5. The summed E-state index contributed by atoms with van der Waals surface area (Å²) < 4.78 is 11.4. The third kappa shape index (κ3) is 3.80. The Hall–Kier alpha value is -2.86. The second-order valence-corrected chi connectivity index (χ2v) is 7.34. The highest BCUT2D eigenvalue weighted by atomic mass is 32.1. The van der Waals surface area contributed by atoms with Crippen LogP contribution in [0.25, 0.3) is 11.3 Å². The van der Waals surface area contributed by atoms with E-state index in [1.54, 1.807) is 12.1 Å². The summed E-state index contributed by atoms with van der Waals surface area (Å²) in [7, 11) is 0. The Bertz CT molecular complexity index is 950. The number of para-hydroxylation sites is 1. The van der Waals surface area contributed by atoms with Crippen LogP contribution in [-0.2, 0) is 6.61 Å². The molecule has 1 N–H and O–H groups in total. The van der Waals surface area contributed by atoms with E-state index in [9.17, 15) is 4.79 Å². The molecular formula is C21H20N2O3S. The van der Waals surface area contributed by atoms with E-state index < -0.39 is 0 Å². The van der Waals surface area contributed by atoms with Gasteiger partial charge in [-0.1, -0.05) is 36.8 Å². The summed E-state index contributed by atoms with van der Waals surface area (Å²) in [6, 6.07) is 15.0. The molecule has 5 nitrogen and oxygen atoms in total. The van der Waals surface area contributed by atoms with Crippen LogP contribution in [0, 0.1) is 0 Å². The topological polar surface area (TPSA) is 60.5 Å². The Morgan fingerprint density at radius 2 is 2.04 bits per heavy atom. The Morgan fingerprint density at radius 1 is 1.22 bits per heavy atom. The van der Waals surface area contributed by atoms with Gasteiger partial charge < -0.3 is 9.47 Å². The quantitative estimate of drug-likeness (QED) is 0.602. The molecule has 1 aliphatic rings. The van der Waals surface area contributed by atoms with Crippen molar-refractivity contribution in [2.24, 2.45) is 0 Å². The van der Waals surface area contributed by atoms with Gasteiger partial charge in [0, 0.05) is 11.1 Å². The number of carbonyl (C=O) groups excluding carboxylic acids is 1. The predicted octanol–water partition coefficient (Wildman–Crippen LogP) is 5.13. The van der Waals surface area contributed by atoms with Crippen molar-refractivity contribution in [3.63, 3.8) is 0 Å². The van der Waals surface area contributed by atoms with Crippen molar-refractivity contribution >= 4 is 22.4 Å². The number of fused-ring (bicyclic) bond motifs is 3. The lowest BCUT2D eigenvalue weighted by molar-refractivity contribution is 0.102. The van der Waals surface area contributed by atoms with Crippen LogP contribution in [0.4, 0.5) is 5.13 Å². The smallest absolute Gasteiger partial charge is 0.257 e. The molecule has 0 saturated heterocycles. The number of carbonyl (C=O) groups is 1. The fourth-order valence-corrected chi connectivity index (χ4v) is 3.74. The maximum absolute atomic E-state index is 12.5. The zero-order chi connectivity index (χ0) is 18.6. The molecule has 0 radical (unpaired) electrons. The van der Waals surface area contributed by atoms with Gasteiger partial charge in [-0.15, -0.1) is 0 Å². The van der Waals surface area contributed by atoms with E-state index in [-0.39, 0.29) is 5.91 Å². The van der Waals surface area contributed by atoms with E-state index in [4.69, 9.17) is 9.47 Å². The second kappa shape index (κ2) is 7.80. The number of rotatable bonds is 6. The van der Waals surface area contributed by atoms with Crippen LogP contribution in [0.5, 0.6) is 11.5 Å². The highest BCUT2D eigenvalue weighted by molar-refractivity contribution is 7.16. The lowest BCUT2D eigenvalue weighted by Gasteiger charge is -2.15. The highest BCUT2D eigenvalue weighted by Gasteiger charge is 2.22. The number of amides is 1. The minimum atomic E-state index is -0.185. The largest absolute Gasteiger partial charge is 0.494 e. The monoisotopic (exact) mass is 380 g/mol. The number of thiazole rings is 1. The van der Waals surface area contributed by atoms with E-state index in [0.29, 0.717) is 23.9 Å². The van der Waals surface area contributed by atoms with Crippen LogP contribution in [0.2, 0.25) is 0 Å². The third-order valence-electron chi connectivity index (χ3n) is 4.30. The molecule has 1 aliphatic heterocycles. The summed E-state index contributed by atoms with van der Waals surface area (Å²) in [6.45, 7) is 3.29. The lowest BCUT2D eigenvalue weighted by Crippen LogP contribution is -2.11. The summed E-state index contributed by atoms with van der Waals surface area (Å²) in [5, 5.41) is 3.47. The number of nitrogens with one attached hydrogen (secondary N) is 1. The van der Waals surface area contributed by atoms with Gasteiger partial charge in [-0.05, 0) is 42.8 Å². The first kappa shape index (κ1) is 17.5. The van der Waals surface area contributed by atoms with Gasteiger partial charge >= 0.3 is 0 Å². The second-order valence-electron chi connectivity index (χ2n) is 6.26. The van der Waals surface area contributed by atoms with Crippen LogP contribution >= 0.6 is 11.3 Å². The van der Waals surface area contributed by atoms with Crippen molar-refractivity contribution in [1.29, 1.82) is 0 Å². The SMILES string of the molecule is CCCCOc1ccc(C(=O)Nc2nc3c(s2)COc2ccccc2-3)cc1. The number of aromatic nitrogens is 1. The van der Waals surface area contributed by atoms with Gasteiger partial charge in [0.1, 0.15) is 18.1 Å². The van der Waals surface area contributed by atoms with Gasteiger partial charge in [0.25, 0.3) is 5.91 Å². The normalized spacial score (nSPS) is 11.9. The molecule has 0 unspecified atom stereocenters. The molecule has 0 bridgehead atoms. The molecule has 27 heavy (non-hydrogen) atoms. The molecule has 3 aromatic rings. The van der Waals surface area contributed by atoms with E-state index in [0.717, 1.165) is 40.5 Å². The minimum Gasteiger partial charge on any atom is -0.494 e. The molecule has 0 spiro atoms. The molecule has 0 atom stereocenters. The lowest BCUT2D eigenvalue weighted by atomic mass is 10.1. The van der Waals surface area contributed by atoms with Crippen molar-refractivity contribution in [2.75, 3.05) is 11.9 Å². The number of benzene rings is 2. The molecule has 4 rings (SSSR count). The summed E-state index contributed by atoms with van der Waals surface area (Å²) in [6.07, 6.45) is 2.11. The molecule has 0 aliphatic carbocycles. The van der Waals surface area contributed by atoms with Crippen molar-refractivity contribution in [2.45, 2.75) is 26.4 Å². The first-order chi connectivity index (χ1) is 13.2. The van der Waals surface area contributed by atoms with E-state index in [1.807, 2.05) is 36.4 Å². The van der Waals surface area contributed by atoms with Crippen LogP contribution in [0.15, 0.2) is 48.5 Å². The third-order valence-corrected chi connectivity index (χ3v) is 5.25. The van der Waals surface area contributed by atoms with Crippen LogP contribution < -0.4 is 14.8 Å². The van der Waals surface area contributed by atoms with Crippen molar-refractivity contribution in [3.05, 3.63) is 59.0 Å².